The second kappa shape index (κ2) is 12.4. The fraction of sp³-hybridized carbons (Fsp3) is 0.300. The summed E-state index contributed by atoms with van der Waals surface area (Å²) < 4.78 is 12.6. The number of likely N-dealkylation sites (tertiary alicyclic amines) is 1. The molecule has 0 aromatic heterocycles. The summed E-state index contributed by atoms with van der Waals surface area (Å²) in [6.45, 7) is 1.52. The van der Waals surface area contributed by atoms with Gasteiger partial charge in [0.05, 0.1) is 15.6 Å². The van der Waals surface area contributed by atoms with Crippen LogP contribution >= 0.6 is 34.4 Å². The van der Waals surface area contributed by atoms with Gasteiger partial charge in [0.15, 0.2) is 11.5 Å². The lowest BCUT2D eigenvalue weighted by Gasteiger charge is -2.22. The third kappa shape index (κ3) is 6.41. The molecule has 39 heavy (non-hydrogen) atoms. The average molecular weight is 657 g/mol. The summed E-state index contributed by atoms with van der Waals surface area (Å²) in [5, 5.41) is 1.90. The van der Waals surface area contributed by atoms with E-state index < -0.39 is 11.1 Å². The molecule has 7 nitrogen and oxygen atoms in total. The molecule has 0 aliphatic carbocycles. The molecule has 0 bridgehead atoms. The Balaban J connectivity index is 1.29. The fourth-order valence-corrected chi connectivity index (χ4v) is 6.41. The minimum absolute atomic E-state index is 0.176. The van der Waals surface area contributed by atoms with Gasteiger partial charge in [-0.1, -0.05) is 49.2 Å². The first-order valence-corrected chi connectivity index (χ1v) is 14.8. The topological polar surface area (TPSA) is 76.2 Å². The maximum Gasteiger partial charge on any atom is 0.294 e. The maximum absolute atomic E-state index is 13.1. The molecule has 3 amide bonds. The Hall–Kier alpha value is -3.05. The van der Waals surface area contributed by atoms with E-state index >= 15 is 0 Å². The smallest absolute Gasteiger partial charge is 0.294 e. The molecular formula is C30H29IN2O5S. The van der Waals surface area contributed by atoms with Gasteiger partial charge >= 0.3 is 0 Å². The number of fused-ring (bicyclic) bond motifs is 1. The highest BCUT2D eigenvalue weighted by molar-refractivity contribution is 14.1. The Kier molecular flexibility index (Phi) is 8.76. The Morgan fingerprint density at radius 3 is 2.49 bits per heavy atom. The van der Waals surface area contributed by atoms with Crippen LogP contribution in [0.1, 0.15) is 36.8 Å². The normalized spacial score (nSPS) is 17.1. The molecule has 3 aromatic carbocycles. The van der Waals surface area contributed by atoms with Crippen molar-refractivity contribution in [1.82, 2.24) is 9.80 Å². The van der Waals surface area contributed by atoms with Gasteiger partial charge < -0.3 is 14.4 Å². The van der Waals surface area contributed by atoms with Crippen molar-refractivity contribution in [2.45, 2.75) is 32.3 Å². The summed E-state index contributed by atoms with van der Waals surface area (Å²) in [5.74, 6) is 0.521. The average Bonchev–Trinajstić information content (AvgIpc) is 3.12. The number of carbonyl (C=O) groups is 3. The molecule has 2 aliphatic heterocycles. The van der Waals surface area contributed by atoms with Crippen LogP contribution in [0.5, 0.6) is 11.5 Å². The number of amides is 3. The summed E-state index contributed by atoms with van der Waals surface area (Å²) in [6, 6.07) is 18.1. The summed E-state index contributed by atoms with van der Waals surface area (Å²) >= 11 is 3.04. The third-order valence-electron chi connectivity index (χ3n) is 6.87. The number of hydrogen-bond donors (Lipinski definition) is 0. The van der Waals surface area contributed by atoms with Crippen LogP contribution in [0.3, 0.4) is 0 Å². The molecule has 2 saturated heterocycles. The van der Waals surface area contributed by atoms with E-state index in [0.717, 1.165) is 56.9 Å². The van der Waals surface area contributed by atoms with Crippen molar-refractivity contribution in [2.75, 3.05) is 26.7 Å². The maximum atomic E-state index is 13.1. The van der Waals surface area contributed by atoms with Gasteiger partial charge in [0, 0.05) is 13.1 Å². The number of carbonyl (C=O) groups excluding carboxylic acids is 3. The zero-order chi connectivity index (χ0) is 27.4. The van der Waals surface area contributed by atoms with Crippen LogP contribution in [-0.2, 0) is 16.2 Å². The Labute approximate surface area is 245 Å². The molecule has 9 heteroatoms. The molecule has 202 valence electrons. The van der Waals surface area contributed by atoms with Crippen molar-refractivity contribution in [3.8, 4) is 11.5 Å². The number of methoxy groups -OCH3 is 1. The number of nitrogens with zero attached hydrogens (tertiary/aromatic N) is 2. The highest BCUT2D eigenvalue weighted by Crippen LogP contribution is 2.38. The molecular weight excluding hydrogens is 627 g/mol. The van der Waals surface area contributed by atoms with Crippen molar-refractivity contribution in [1.29, 1.82) is 0 Å². The number of benzene rings is 3. The van der Waals surface area contributed by atoms with Crippen molar-refractivity contribution >= 4 is 68.3 Å². The highest BCUT2D eigenvalue weighted by Gasteiger charge is 2.37. The number of rotatable bonds is 7. The SMILES string of the molecule is COc1cc(C=C2SC(=O)N(CC(=O)N3CCCCCC3)C2=O)cc(I)c1OCc1ccc2ccccc2c1. The van der Waals surface area contributed by atoms with Gasteiger partial charge in [-0.3, -0.25) is 19.3 Å². The number of halogens is 1. The summed E-state index contributed by atoms with van der Waals surface area (Å²) in [7, 11) is 1.57. The van der Waals surface area contributed by atoms with Crippen LogP contribution < -0.4 is 9.47 Å². The minimum Gasteiger partial charge on any atom is -0.493 e. The number of imide groups is 1. The van der Waals surface area contributed by atoms with Gasteiger partial charge in [-0.05, 0) is 93.4 Å². The van der Waals surface area contributed by atoms with Gasteiger partial charge in [0.2, 0.25) is 5.91 Å². The van der Waals surface area contributed by atoms with Crippen LogP contribution in [0.15, 0.2) is 59.5 Å². The second-order valence-electron chi connectivity index (χ2n) is 9.57. The first-order chi connectivity index (χ1) is 18.9. The number of hydrogen-bond acceptors (Lipinski definition) is 6. The van der Waals surface area contributed by atoms with E-state index in [1.54, 1.807) is 24.2 Å². The fourth-order valence-electron chi connectivity index (χ4n) is 4.79. The standard InChI is InChI=1S/C30H29IN2O5S/c1-37-25-16-21(15-24(31)28(25)38-19-20-10-11-22-8-4-5-9-23(22)14-20)17-26-29(35)33(30(36)39-26)18-27(34)32-12-6-2-3-7-13-32/h4-5,8-11,14-17H,2-3,6-7,12-13,18-19H2,1H3. The summed E-state index contributed by atoms with van der Waals surface area (Å²) in [4.78, 5) is 41.6. The Bertz CT molecular complexity index is 1450. The zero-order valence-electron chi connectivity index (χ0n) is 21.7. The molecule has 0 atom stereocenters. The van der Waals surface area contributed by atoms with Gasteiger partial charge in [0.1, 0.15) is 13.2 Å². The third-order valence-corrected chi connectivity index (χ3v) is 8.58. The van der Waals surface area contributed by atoms with Crippen LogP contribution in [-0.4, -0.2) is 53.6 Å². The minimum atomic E-state index is -0.446. The molecule has 5 rings (SSSR count). The van der Waals surface area contributed by atoms with E-state index in [0.29, 0.717) is 36.8 Å². The molecule has 3 aromatic rings. The largest absolute Gasteiger partial charge is 0.493 e. The second-order valence-corrected chi connectivity index (χ2v) is 11.7. The molecule has 0 unspecified atom stereocenters. The van der Waals surface area contributed by atoms with E-state index in [4.69, 9.17) is 9.47 Å². The predicted molar refractivity (Wildman–Crippen MR) is 162 cm³/mol. The van der Waals surface area contributed by atoms with E-state index in [-0.39, 0.29) is 17.4 Å². The lowest BCUT2D eigenvalue weighted by molar-refractivity contribution is -0.135. The number of thioether (sulfide) groups is 1. The van der Waals surface area contributed by atoms with Gasteiger partial charge in [-0.2, -0.15) is 0 Å². The lowest BCUT2D eigenvalue weighted by Crippen LogP contribution is -2.42. The van der Waals surface area contributed by atoms with E-state index in [1.165, 1.54) is 5.39 Å². The molecule has 0 N–H and O–H groups in total. The summed E-state index contributed by atoms with van der Waals surface area (Å²) in [6.07, 6.45) is 5.78. The van der Waals surface area contributed by atoms with Crippen LogP contribution in [0.4, 0.5) is 4.79 Å². The number of ether oxygens (including phenoxy) is 2. The van der Waals surface area contributed by atoms with Gasteiger partial charge in [-0.15, -0.1) is 0 Å². The molecule has 2 heterocycles. The quantitative estimate of drug-likeness (QED) is 0.215. The van der Waals surface area contributed by atoms with Gasteiger partial charge in [0.25, 0.3) is 11.1 Å². The predicted octanol–water partition coefficient (Wildman–Crippen LogP) is 6.47. The van der Waals surface area contributed by atoms with E-state index in [9.17, 15) is 14.4 Å². The van der Waals surface area contributed by atoms with E-state index in [1.807, 2.05) is 24.3 Å². The Morgan fingerprint density at radius 2 is 1.74 bits per heavy atom. The van der Waals surface area contributed by atoms with Crippen molar-refractivity contribution < 1.29 is 23.9 Å². The van der Waals surface area contributed by atoms with Crippen molar-refractivity contribution in [3.63, 3.8) is 0 Å². The molecule has 2 fully saturated rings. The van der Waals surface area contributed by atoms with Crippen molar-refractivity contribution in [2.24, 2.45) is 0 Å². The molecule has 0 radical (unpaired) electrons. The first kappa shape index (κ1) is 27.5. The monoisotopic (exact) mass is 656 g/mol. The lowest BCUT2D eigenvalue weighted by atomic mass is 10.1. The summed E-state index contributed by atoms with van der Waals surface area (Å²) in [5.41, 5.74) is 1.75. The Morgan fingerprint density at radius 1 is 1.00 bits per heavy atom. The van der Waals surface area contributed by atoms with Crippen LogP contribution in [0.2, 0.25) is 0 Å². The first-order valence-electron chi connectivity index (χ1n) is 12.9. The van der Waals surface area contributed by atoms with Crippen LogP contribution in [0, 0.1) is 3.57 Å². The zero-order valence-corrected chi connectivity index (χ0v) is 24.6. The molecule has 2 aliphatic rings. The molecule has 0 spiro atoms. The highest BCUT2D eigenvalue weighted by atomic mass is 127. The van der Waals surface area contributed by atoms with Gasteiger partial charge in [-0.25, -0.2) is 0 Å². The van der Waals surface area contributed by atoms with Crippen molar-refractivity contribution in [3.05, 3.63) is 74.2 Å². The van der Waals surface area contributed by atoms with E-state index in [2.05, 4.69) is 46.9 Å². The molecule has 0 saturated carbocycles. The van der Waals surface area contributed by atoms with Crippen LogP contribution in [0.25, 0.3) is 16.8 Å².